The zero-order valence-electron chi connectivity index (χ0n) is 13.9. The number of carbonyl (C=O) groups excluding carboxylic acids is 1. The molecule has 1 unspecified atom stereocenters. The minimum Gasteiger partial charge on any atom is -0.340 e. The minimum absolute atomic E-state index is 0.166. The smallest absolute Gasteiger partial charge is 0.321 e. The van der Waals surface area contributed by atoms with Crippen molar-refractivity contribution in [1.29, 1.82) is 0 Å². The molecule has 1 atom stereocenters. The second-order valence-corrected chi connectivity index (χ2v) is 5.52. The Kier molecular flexibility index (Phi) is 4.46. The van der Waals surface area contributed by atoms with Gasteiger partial charge in [-0.05, 0) is 13.0 Å². The molecule has 130 valence electrons. The van der Waals surface area contributed by atoms with Gasteiger partial charge in [0.15, 0.2) is 5.82 Å². The topological polar surface area (TPSA) is 97.9 Å². The molecule has 3 rings (SSSR count). The highest BCUT2D eigenvalue weighted by molar-refractivity contribution is 5.88. The third kappa shape index (κ3) is 3.65. The Morgan fingerprint density at radius 1 is 1.32 bits per heavy atom. The van der Waals surface area contributed by atoms with E-state index in [1.54, 1.807) is 38.2 Å². The van der Waals surface area contributed by atoms with Crippen molar-refractivity contribution in [3.05, 3.63) is 59.1 Å². The third-order valence-corrected chi connectivity index (χ3v) is 3.54. The maximum atomic E-state index is 14.2. The zero-order valence-corrected chi connectivity index (χ0v) is 13.9. The second-order valence-electron chi connectivity index (χ2n) is 5.52. The summed E-state index contributed by atoms with van der Waals surface area (Å²) in [5, 5.41) is 13.3. The summed E-state index contributed by atoms with van der Waals surface area (Å²) in [6.45, 7) is 3.43. The summed E-state index contributed by atoms with van der Waals surface area (Å²) in [4.78, 5) is 16.5. The van der Waals surface area contributed by atoms with Crippen molar-refractivity contribution in [3.8, 4) is 0 Å². The van der Waals surface area contributed by atoms with Crippen molar-refractivity contribution >= 4 is 11.8 Å². The van der Waals surface area contributed by atoms with Crippen LogP contribution in [0.2, 0.25) is 0 Å². The number of rotatable bonds is 4. The quantitative estimate of drug-likeness (QED) is 0.758. The zero-order chi connectivity index (χ0) is 18.0. The van der Waals surface area contributed by atoms with Crippen molar-refractivity contribution in [2.24, 2.45) is 7.05 Å². The van der Waals surface area contributed by atoms with E-state index in [0.29, 0.717) is 11.7 Å². The van der Waals surface area contributed by atoms with Gasteiger partial charge in [0.2, 0.25) is 5.89 Å². The van der Waals surface area contributed by atoms with E-state index in [2.05, 4.69) is 25.9 Å². The van der Waals surface area contributed by atoms with Crippen LogP contribution in [-0.4, -0.2) is 26.0 Å². The number of nitrogens with one attached hydrogen (secondary N) is 2. The van der Waals surface area contributed by atoms with Crippen molar-refractivity contribution in [1.82, 2.24) is 25.2 Å². The van der Waals surface area contributed by atoms with E-state index in [1.165, 1.54) is 10.7 Å². The first-order valence-electron chi connectivity index (χ1n) is 7.57. The number of aromatic nitrogens is 4. The van der Waals surface area contributed by atoms with Gasteiger partial charge in [0.25, 0.3) is 0 Å². The average molecular weight is 344 g/mol. The normalized spacial score (nSPS) is 12.0. The summed E-state index contributed by atoms with van der Waals surface area (Å²) in [6.07, 6.45) is 0. The highest BCUT2D eigenvalue weighted by Gasteiger charge is 2.25. The molecule has 0 aliphatic carbocycles. The lowest BCUT2D eigenvalue weighted by Crippen LogP contribution is -2.34. The molecule has 0 saturated carbocycles. The molecule has 2 aromatic heterocycles. The number of amides is 2. The molecule has 0 aliphatic rings. The largest absolute Gasteiger partial charge is 0.340 e. The lowest BCUT2D eigenvalue weighted by Gasteiger charge is -2.17. The van der Waals surface area contributed by atoms with Gasteiger partial charge in [-0.15, -0.1) is 0 Å². The molecular weight excluding hydrogens is 327 g/mol. The minimum atomic E-state index is -0.895. The van der Waals surface area contributed by atoms with Crippen LogP contribution in [0.15, 0.2) is 34.9 Å². The van der Waals surface area contributed by atoms with Gasteiger partial charge in [0.1, 0.15) is 17.7 Å². The Hall–Kier alpha value is -3.23. The molecule has 0 fully saturated rings. The average Bonchev–Trinajstić information content (AvgIpc) is 3.11. The number of carbonyl (C=O) groups is 1. The van der Waals surface area contributed by atoms with Gasteiger partial charge in [0, 0.05) is 25.6 Å². The summed E-state index contributed by atoms with van der Waals surface area (Å²) >= 11 is 0. The molecule has 1 aromatic carbocycles. The Morgan fingerprint density at radius 3 is 2.68 bits per heavy atom. The van der Waals surface area contributed by atoms with E-state index in [1.807, 2.05) is 6.92 Å². The molecule has 8 nitrogen and oxygen atoms in total. The van der Waals surface area contributed by atoms with Crippen LogP contribution in [0.4, 0.5) is 15.0 Å². The molecule has 9 heteroatoms. The number of nitrogens with zero attached hydrogens (tertiary/aromatic N) is 4. The number of hydrogen-bond donors (Lipinski definition) is 2. The van der Waals surface area contributed by atoms with Crippen molar-refractivity contribution in [2.45, 2.75) is 19.9 Å². The Morgan fingerprint density at radius 2 is 2.08 bits per heavy atom. The third-order valence-electron chi connectivity index (χ3n) is 3.54. The SMILES string of the molecule is Cc1cc(NC(=O)NC(c2noc(C)n2)c2ccccc2F)n(C)n1. The summed E-state index contributed by atoms with van der Waals surface area (Å²) in [5.41, 5.74) is 0.997. The maximum Gasteiger partial charge on any atom is 0.321 e. The molecular formula is C16H17FN6O2. The summed E-state index contributed by atoms with van der Waals surface area (Å²) < 4.78 is 20.7. The van der Waals surface area contributed by atoms with Crippen LogP contribution >= 0.6 is 0 Å². The maximum absolute atomic E-state index is 14.2. The molecule has 0 bridgehead atoms. The van der Waals surface area contributed by atoms with E-state index in [9.17, 15) is 9.18 Å². The molecule has 2 amide bonds. The molecule has 25 heavy (non-hydrogen) atoms. The van der Waals surface area contributed by atoms with Gasteiger partial charge >= 0.3 is 6.03 Å². The van der Waals surface area contributed by atoms with Crippen LogP contribution in [0.1, 0.15) is 29.0 Å². The van der Waals surface area contributed by atoms with Gasteiger partial charge < -0.3 is 9.84 Å². The lowest BCUT2D eigenvalue weighted by atomic mass is 10.1. The molecule has 0 radical (unpaired) electrons. The van der Waals surface area contributed by atoms with E-state index >= 15 is 0 Å². The first kappa shape index (κ1) is 16.6. The van der Waals surface area contributed by atoms with E-state index in [0.717, 1.165) is 5.69 Å². The van der Waals surface area contributed by atoms with Gasteiger partial charge in [0.05, 0.1) is 5.69 Å². The fraction of sp³-hybridized carbons (Fsp3) is 0.250. The summed E-state index contributed by atoms with van der Waals surface area (Å²) in [7, 11) is 1.71. The van der Waals surface area contributed by atoms with E-state index in [-0.39, 0.29) is 11.4 Å². The highest BCUT2D eigenvalue weighted by Crippen LogP contribution is 2.22. The molecule has 0 aliphatic heterocycles. The van der Waals surface area contributed by atoms with Crippen LogP contribution < -0.4 is 10.6 Å². The van der Waals surface area contributed by atoms with Gasteiger partial charge in [-0.2, -0.15) is 10.1 Å². The van der Waals surface area contributed by atoms with Crippen LogP contribution in [0.3, 0.4) is 0 Å². The molecule has 2 N–H and O–H groups in total. The van der Waals surface area contributed by atoms with Gasteiger partial charge in [-0.1, -0.05) is 23.4 Å². The number of halogens is 1. The van der Waals surface area contributed by atoms with Crippen molar-refractivity contribution in [3.63, 3.8) is 0 Å². The lowest BCUT2D eigenvalue weighted by molar-refractivity contribution is 0.249. The van der Waals surface area contributed by atoms with Crippen LogP contribution in [-0.2, 0) is 7.05 Å². The molecule has 2 heterocycles. The van der Waals surface area contributed by atoms with Crippen molar-refractivity contribution < 1.29 is 13.7 Å². The first-order valence-corrected chi connectivity index (χ1v) is 7.57. The fourth-order valence-corrected chi connectivity index (χ4v) is 2.43. The molecule has 3 aromatic rings. The van der Waals surface area contributed by atoms with E-state index in [4.69, 9.17) is 4.52 Å². The number of hydrogen-bond acceptors (Lipinski definition) is 5. The van der Waals surface area contributed by atoms with Gasteiger partial charge in [-0.3, -0.25) is 10.00 Å². The molecule has 0 saturated heterocycles. The monoisotopic (exact) mass is 344 g/mol. The molecule has 0 spiro atoms. The number of urea groups is 1. The van der Waals surface area contributed by atoms with Crippen LogP contribution in [0, 0.1) is 19.7 Å². The van der Waals surface area contributed by atoms with E-state index < -0.39 is 17.9 Å². The predicted molar refractivity (Wildman–Crippen MR) is 87.4 cm³/mol. The van der Waals surface area contributed by atoms with Crippen LogP contribution in [0.25, 0.3) is 0 Å². The number of aryl methyl sites for hydroxylation is 3. The standard InChI is InChI=1S/C16H17FN6O2/c1-9-8-13(23(3)21-9)19-16(24)20-14(15-18-10(2)25-22-15)11-6-4-5-7-12(11)17/h4-8,14H,1-3H3,(H2,19,20,24). The Labute approximate surface area is 143 Å². The first-order chi connectivity index (χ1) is 11.9. The number of benzene rings is 1. The second kappa shape index (κ2) is 6.71. The summed E-state index contributed by atoms with van der Waals surface area (Å²) in [6, 6.07) is 6.38. The van der Waals surface area contributed by atoms with Gasteiger partial charge in [-0.25, -0.2) is 9.18 Å². The summed E-state index contributed by atoms with van der Waals surface area (Å²) in [5.74, 6) is 0.512. The Balaban J connectivity index is 1.86. The Bertz CT molecular complexity index is 904. The predicted octanol–water partition coefficient (Wildman–Crippen LogP) is 2.47. The van der Waals surface area contributed by atoms with Crippen molar-refractivity contribution in [2.75, 3.05) is 5.32 Å². The fourth-order valence-electron chi connectivity index (χ4n) is 2.43. The van der Waals surface area contributed by atoms with Crippen LogP contribution in [0.5, 0.6) is 0 Å². The number of anilines is 1. The highest BCUT2D eigenvalue weighted by atomic mass is 19.1.